The summed E-state index contributed by atoms with van der Waals surface area (Å²) in [5.41, 5.74) is 1.75. The zero-order valence-electron chi connectivity index (χ0n) is 12.4. The van der Waals surface area contributed by atoms with Crippen molar-refractivity contribution in [1.82, 2.24) is 5.32 Å². The fraction of sp³-hybridized carbons (Fsp3) is 0.500. The third-order valence-electron chi connectivity index (χ3n) is 5.08. The summed E-state index contributed by atoms with van der Waals surface area (Å²) in [4.78, 5) is 16.8. The molecule has 124 valence electrons. The summed E-state index contributed by atoms with van der Waals surface area (Å²) in [5.74, 6) is -0.826. The molecule has 23 heavy (non-hydrogen) atoms. The molecule has 7 heteroatoms. The molecule has 2 heterocycles. The molecule has 3 aliphatic rings. The summed E-state index contributed by atoms with van der Waals surface area (Å²) in [5, 5.41) is 17.2. The van der Waals surface area contributed by atoms with Crippen LogP contribution < -0.4 is 5.32 Å². The van der Waals surface area contributed by atoms with Gasteiger partial charge in [0.2, 0.25) is 0 Å². The number of carboxylic acids is 1. The van der Waals surface area contributed by atoms with Crippen LogP contribution in [0.1, 0.15) is 31.2 Å². The fourth-order valence-electron chi connectivity index (χ4n) is 3.62. The van der Waals surface area contributed by atoms with E-state index in [-0.39, 0.29) is 17.8 Å². The van der Waals surface area contributed by atoms with Gasteiger partial charge in [0.1, 0.15) is 6.04 Å². The average molecular weight is 357 g/mol. The van der Waals surface area contributed by atoms with E-state index in [0.29, 0.717) is 19.4 Å². The molecule has 0 aromatic heterocycles. The second kappa shape index (κ2) is 5.65. The first kappa shape index (κ1) is 16.6. The molecule has 0 bridgehead atoms. The van der Waals surface area contributed by atoms with Gasteiger partial charge in [-0.15, -0.1) is 12.4 Å². The van der Waals surface area contributed by atoms with Gasteiger partial charge in [0.05, 0.1) is 5.71 Å². The van der Waals surface area contributed by atoms with Gasteiger partial charge in [-0.3, -0.25) is 4.79 Å². The molecule has 5 nitrogen and oxygen atoms in total. The highest BCUT2D eigenvalue weighted by atomic mass is 35.5. The van der Waals surface area contributed by atoms with Gasteiger partial charge in [0.25, 0.3) is 0 Å². The van der Waals surface area contributed by atoms with E-state index >= 15 is 0 Å². The molecule has 2 atom stereocenters. The Hall–Kier alpha value is -1.30. The zero-order valence-corrected chi connectivity index (χ0v) is 14.0. The Labute approximate surface area is 145 Å². The van der Waals surface area contributed by atoms with Crippen molar-refractivity contribution in [2.45, 2.75) is 42.7 Å². The van der Waals surface area contributed by atoms with Crippen molar-refractivity contribution in [1.29, 1.82) is 0 Å². The minimum absolute atomic E-state index is 0. The van der Waals surface area contributed by atoms with Crippen LogP contribution in [0.15, 0.2) is 29.4 Å². The van der Waals surface area contributed by atoms with Crippen LogP contribution >= 0.6 is 24.0 Å². The Bertz CT molecular complexity index is 658. The largest absolute Gasteiger partial charge is 0.480 e. The molecule has 1 aliphatic carbocycles. The summed E-state index contributed by atoms with van der Waals surface area (Å²) >= 11 is 5.97. The first-order valence-corrected chi connectivity index (χ1v) is 7.89. The third kappa shape index (κ3) is 2.71. The highest BCUT2D eigenvalue weighted by Gasteiger charge is 2.56. The summed E-state index contributed by atoms with van der Waals surface area (Å²) in [6.45, 7) is 0.535. The highest BCUT2D eigenvalue weighted by molar-refractivity contribution is 6.30. The van der Waals surface area contributed by atoms with E-state index in [1.807, 2.05) is 12.1 Å². The summed E-state index contributed by atoms with van der Waals surface area (Å²) in [6.07, 6.45) is 3.28. The van der Waals surface area contributed by atoms with Crippen LogP contribution in [0.2, 0.25) is 5.02 Å². The van der Waals surface area contributed by atoms with Crippen LogP contribution in [0.5, 0.6) is 0 Å². The highest BCUT2D eigenvalue weighted by Crippen LogP contribution is 2.53. The number of nitrogens with zero attached hydrogens (tertiary/aromatic N) is 1. The van der Waals surface area contributed by atoms with Gasteiger partial charge in [0.15, 0.2) is 5.60 Å². The molecule has 1 spiro atoms. The fourth-order valence-corrected chi connectivity index (χ4v) is 3.75. The number of carboxylic acid groups (broad SMARTS) is 1. The van der Waals surface area contributed by atoms with Gasteiger partial charge in [-0.05, 0) is 30.5 Å². The van der Waals surface area contributed by atoms with Crippen molar-refractivity contribution in [2.24, 2.45) is 5.16 Å². The molecule has 1 aromatic carbocycles. The number of nitrogens with one attached hydrogen (secondary N) is 1. The Morgan fingerprint density at radius 3 is 2.61 bits per heavy atom. The predicted octanol–water partition coefficient (Wildman–Crippen LogP) is 2.76. The summed E-state index contributed by atoms with van der Waals surface area (Å²) < 4.78 is 0. The van der Waals surface area contributed by atoms with Gasteiger partial charge in [-0.25, -0.2) is 0 Å². The smallest absolute Gasteiger partial charge is 0.320 e. The van der Waals surface area contributed by atoms with Crippen LogP contribution in [-0.2, 0) is 15.0 Å². The lowest BCUT2D eigenvalue weighted by atomic mass is 9.83. The summed E-state index contributed by atoms with van der Waals surface area (Å²) in [6, 6.07) is 7.37. The van der Waals surface area contributed by atoms with Crippen molar-refractivity contribution in [3.63, 3.8) is 0 Å². The Kier molecular flexibility index (Phi) is 4.07. The van der Waals surface area contributed by atoms with Crippen LogP contribution in [0, 0.1) is 0 Å². The molecule has 1 saturated heterocycles. The van der Waals surface area contributed by atoms with Crippen LogP contribution in [0.25, 0.3) is 0 Å². The van der Waals surface area contributed by atoms with E-state index in [1.165, 1.54) is 5.56 Å². The van der Waals surface area contributed by atoms with E-state index in [2.05, 4.69) is 22.6 Å². The van der Waals surface area contributed by atoms with Crippen molar-refractivity contribution in [3.05, 3.63) is 34.9 Å². The SMILES string of the molecule is Cl.O=C(O)[C@@H]1CC2(CN1)CC(C1(c3ccc(Cl)cc3)CC1)=NO2. The Morgan fingerprint density at radius 2 is 2.04 bits per heavy atom. The first-order valence-electron chi connectivity index (χ1n) is 7.51. The lowest BCUT2D eigenvalue weighted by Gasteiger charge is -2.20. The van der Waals surface area contributed by atoms with Gasteiger partial charge >= 0.3 is 5.97 Å². The maximum Gasteiger partial charge on any atom is 0.320 e. The number of hydrogen-bond acceptors (Lipinski definition) is 4. The lowest BCUT2D eigenvalue weighted by Crippen LogP contribution is -2.33. The van der Waals surface area contributed by atoms with E-state index in [4.69, 9.17) is 21.5 Å². The minimum atomic E-state index is -0.826. The molecule has 4 rings (SSSR count). The maximum absolute atomic E-state index is 11.1. The van der Waals surface area contributed by atoms with Crippen molar-refractivity contribution in [2.75, 3.05) is 6.54 Å². The molecule has 1 saturated carbocycles. The maximum atomic E-state index is 11.1. The number of halogens is 2. The Morgan fingerprint density at radius 1 is 1.35 bits per heavy atom. The zero-order chi connectivity index (χ0) is 15.4. The molecular formula is C16H18Cl2N2O3. The predicted molar refractivity (Wildman–Crippen MR) is 89.5 cm³/mol. The minimum Gasteiger partial charge on any atom is -0.480 e. The number of hydrogen-bond donors (Lipinski definition) is 2. The molecule has 1 unspecified atom stereocenters. The first-order chi connectivity index (χ1) is 10.5. The number of rotatable bonds is 3. The topological polar surface area (TPSA) is 70.9 Å². The van der Waals surface area contributed by atoms with Gasteiger partial charge in [-0.1, -0.05) is 28.9 Å². The second-order valence-electron chi connectivity index (χ2n) is 6.55. The van der Waals surface area contributed by atoms with Crippen molar-refractivity contribution in [3.8, 4) is 0 Å². The van der Waals surface area contributed by atoms with E-state index in [9.17, 15) is 4.79 Å². The van der Waals surface area contributed by atoms with E-state index in [1.54, 1.807) is 0 Å². The monoisotopic (exact) mass is 356 g/mol. The molecule has 2 fully saturated rings. The number of aliphatic carboxylic acids is 1. The van der Waals surface area contributed by atoms with Crippen LogP contribution in [-0.4, -0.2) is 35.0 Å². The standard InChI is InChI=1S/C16H17ClN2O3.ClH/c17-11-3-1-10(2-4-11)16(5-6-16)13-8-15(22-19-13)7-12(14(20)21)18-9-15;/h1-4,12,18H,5-9H2,(H,20,21);1H/t12-,15?;/m0./s1. The second-order valence-corrected chi connectivity index (χ2v) is 6.99. The van der Waals surface area contributed by atoms with Crippen LogP contribution in [0.4, 0.5) is 0 Å². The van der Waals surface area contributed by atoms with Crippen molar-refractivity contribution >= 4 is 35.7 Å². The third-order valence-corrected chi connectivity index (χ3v) is 5.34. The van der Waals surface area contributed by atoms with Gasteiger partial charge in [0, 0.05) is 29.8 Å². The molecular weight excluding hydrogens is 339 g/mol. The number of oxime groups is 1. The normalized spacial score (nSPS) is 30.5. The molecule has 0 amide bonds. The molecule has 2 N–H and O–H groups in total. The average Bonchev–Trinajstić information content (AvgIpc) is 3.04. The van der Waals surface area contributed by atoms with Crippen molar-refractivity contribution < 1.29 is 14.7 Å². The Balaban J connectivity index is 0.00000156. The lowest BCUT2D eigenvalue weighted by molar-refractivity contribution is -0.139. The number of carbonyl (C=O) groups is 1. The quantitative estimate of drug-likeness (QED) is 0.873. The van der Waals surface area contributed by atoms with E-state index in [0.717, 1.165) is 23.6 Å². The van der Waals surface area contributed by atoms with E-state index < -0.39 is 17.6 Å². The molecule has 1 aromatic rings. The van der Waals surface area contributed by atoms with Crippen LogP contribution in [0.3, 0.4) is 0 Å². The van der Waals surface area contributed by atoms with Gasteiger partial charge < -0.3 is 15.3 Å². The van der Waals surface area contributed by atoms with Gasteiger partial charge in [-0.2, -0.15) is 0 Å². The molecule has 0 radical (unpaired) electrons. The molecule has 2 aliphatic heterocycles. The summed E-state index contributed by atoms with van der Waals surface area (Å²) in [7, 11) is 0. The number of benzene rings is 1.